The number of hydrogen-bond donors (Lipinski definition) is 0. The second-order valence-corrected chi connectivity index (χ2v) is 7.64. The molecule has 1 fully saturated rings. The van der Waals surface area contributed by atoms with Crippen molar-refractivity contribution < 1.29 is 4.74 Å². The minimum Gasteiger partial charge on any atom is -0.380 e. The quantitative estimate of drug-likeness (QED) is 0.729. The molecular formula is C19H23N3OS. The molecule has 2 aromatic heterocycles. The van der Waals surface area contributed by atoms with Crippen molar-refractivity contribution in [2.45, 2.75) is 13.0 Å². The third-order valence-electron chi connectivity index (χ3n) is 4.76. The number of benzene rings is 1. The van der Waals surface area contributed by atoms with Gasteiger partial charge in [0.25, 0.3) is 0 Å². The Labute approximate surface area is 146 Å². The lowest BCUT2D eigenvalue weighted by molar-refractivity contribution is 0.122. The van der Waals surface area contributed by atoms with Crippen LogP contribution >= 0.6 is 11.3 Å². The van der Waals surface area contributed by atoms with E-state index in [1.807, 2.05) is 11.7 Å². The van der Waals surface area contributed by atoms with Crippen LogP contribution in [0.25, 0.3) is 10.9 Å². The highest BCUT2D eigenvalue weighted by molar-refractivity contribution is 7.09. The van der Waals surface area contributed by atoms with Gasteiger partial charge in [-0.05, 0) is 41.5 Å². The van der Waals surface area contributed by atoms with Crippen LogP contribution in [0.1, 0.15) is 10.4 Å². The molecule has 0 aliphatic carbocycles. The monoisotopic (exact) mass is 341 g/mol. The Balaban J connectivity index is 1.45. The lowest BCUT2D eigenvalue weighted by atomic mass is 9.98. The summed E-state index contributed by atoms with van der Waals surface area (Å²) >= 11 is 1.74. The molecule has 1 unspecified atom stereocenters. The molecule has 0 amide bonds. The predicted molar refractivity (Wildman–Crippen MR) is 98.3 cm³/mol. The molecule has 4 rings (SSSR count). The summed E-state index contributed by atoms with van der Waals surface area (Å²) in [6.07, 6.45) is 5.18. The number of nitrogens with zero attached hydrogens (tertiary/aromatic N) is 3. The fourth-order valence-electron chi connectivity index (χ4n) is 3.55. The van der Waals surface area contributed by atoms with Crippen molar-refractivity contribution in [2.75, 3.05) is 26.3 Å². The number of rotatable bonds is 4. The van der Waals surface area contributed by atoms with Crippen molar-refractivity contribution in [3.05, 3.63) is 52.6 Å². The minimum atomic E-state index is 0.543. The Morgan fingerprint density at radius 2 is 2.29 bits per heavy atom. The number of aryl methyl sites for hydroxylation is 1. The first kappa shape index (κ1) is 15.8. The van der Waals surface area contributed by atoms with Gasteiger partial charge >= 0.3 is 0 Å². The van der Waals surface area contributed by atoms with Crippen LogP contribution in [0.4, 0.5) is 0 Å². The highest BCUT2D eigenvalue weighted by Gasteiger charge is 2.19. The molecule has 0 spiro atoms. The van der Waals surface area contributed by atoms with Gasteiger partial charge in [0.2, 0.25) is 0 Å². The molecule has 0 saturated carbocycles. The second kappa shape index (κ2) is 7.05. The number of thiazole rings is 1. The first-order valence-corrected chi connectivity index (χ1v) is 9.37. The first-order valence-electron chi connectivity index (χ1n) is 8.49. The Hall–Kier alpha value is -1.69. The summed E-state index contributed by atoms with van der Waals surface area (Å²) in [6, 6.07) is 9.02. The maximum absolute atomic E-state index is 5.86. The molecule has 0 radical (unpaired) electrons. The zero-order chi connectivity index (χ0) is 16.4. The normalized spacial score (nSPS) is 19.6. The smallest absolute Gasteiger partial charge is 0.0794 e. The molecule has 5 heteroatoms. The van der Waals surface area contributed by atoms with Crippen molar-refractivity contribution in [2.24, 2.45) is 13.0 Å². The van der Waals surface area contributed by atoms with Gasteiger partial charge in [-0.3, -0.25) is 9.88 Å². The Morgan fingerprint density at radius 3 is 3.17 bits per heavy atom. The maximum Gasteiger partial charge on any atom is 0.0794 e. The zero-order valence-electron chi connectivity index (χ0n) is 14.0. The van der Waals surface area contributed by atoms with E-state index in [-0.39, 0.29) is 0 Å². The predicted octanol–water partition coefficient (Wildman–Crippen LogP) is 3.33. The van der Waals surface area contributed by atoms with Gasteiger partial charge in [0.1, 0.15) is 0 Å². The zero-order valence-corrected chi connectivity index (χ0v) is 14.8. The van der Waals surface area contributed by atoms with Gasteiger partial charge in [-0.1, -0.05) is 6.07 Å². The molecule has 1 aliphatic rings. The Kier molecular flexibility index (Phi) is 4.65. The third kappa shape index (κ3) is 3.53. The van der Waals surface area contributed by atoms with Gasteiger partial charge in [0.05, 0.1) is 18.7 Å². The second-order valence-electron chi connectivity index (χ2n) is 6.67. The minimum absolute atomic E-state index is 0.543. The molecule has 1 aromatic carbocycles. The summed E-state index contributed by atoms with van der Waals surface area (Å²) in [4.78, 5) is 8.03. The van der Waals surface area contributed by atoms with Crippen LogP contribution in [0.3, 0.4) is 0 Å². The molecule has 1 aliphatic heterocycles. The first-order chi connectivity index (χ1) is 11.8. The average molecular weight is 341 g/mol. The van der Waals surface area contributed by atoms with Crippen molar-refractivity contribution in [3.8, 4) is 0 Å². The van der Waals surface area contributed by atoms with Crippen LogP contribution in [-0.4, -0.2) is 40.8 Å². The summed E-state index contributed by atoms with van der Waals surface area (Å²) in [6.45, 7) is 4.76. The maximum atomic E-state index is 5.86. The molecule has 0 bridgehead atoms. The largest absolute Gasteiger partial charge is 0.380 e. The summed E-state index contributed by atoms with van der Waals surface area (Å²) in [5.41, 5.74) is 4.61. The molecule has 24 heavy (non-hydrogen) atoms. The van der Waals surface area contributed by atoms with E-state index < -0.39 is 0 Å². The molecule has 3 aromatic rings. The van der Waals surface area contributed by atoms with Gasteiger partial charge in [-0.15, -0.1) is 11.3 Å². The Bertz CT molecular complexity index is 796. The highest BCUT2D eigenvalue weighted by Crippen LogP contribution is 2.21. The number of aromatic nitrogens is 2. The van der Waals surface area contributed by atoms with E-state index in [2.05, 4.69) is 52.0 Å². The van der Waals surface area contributed by atoms with Gasteiger partial charge in [0.15, 0.2) is 0 Å². The summed E-state index contributed by atoms with van der Waals surface area (Å²) in [7, 11) is 2.10. The van der Waals surface area contributed by atoms with Crippen LogP contribution in [0.2, 0.25) is 0 Å². The van der Waals surface area contributed by atoms with Crippen LogP contribution in [-0.2, 0) is 24.8 Å². The van der Waals surface area contributed by atoms with Gasteiger partial charge < -0.3 is 9.30 Å². The van der Waals surface area contributed by atoms with Gasteiger partial charge in [-0.25, -0.2) is 0 Å². The lowest BCUT2D eigenvalue weighted by Gasteiger charge is -2.22. The van der Waals surface area contributed by atoms with E-state index >= 15 is 0 Å². The topological polar surface area (TPSA) is 30.3 Å². The van der Waals surface area contributed by atoms with Gasteiger partial charge in [-0.2, -0.15) is 0 Å². The summed E-state index contributed by atoms with van der Waals surface area (Å²) in [5.74, 6) is 0.543. The average Bonchev–Trinajstić information content (AvgIpc) is 3.15. The van der Waals surface area contributed by atoms with E-state index in [9.17, 15) is 0 Å². The number of fused-ring (bicyclic) bond motifs is 1. The molecule has 126 valence electrons. The van der Waals surface area contributed by atoms with E-state index in [0.29, 0.717) is 5.92 Å². The van der Waals surface area contributed by atoms with Crippen LogP contribution in [0.15, 0.2) is 42.2 Å². The highest BCUT2D eigenvalue weighted by atomic mass is 32.1. The molecule has 0 N–H and O–H groups in total. The van der Waals surface area contributed by atoms with Crippen molar-refractivity contribution in [1.29, 1.82) is 0 Å². The van der Waals surface area contributed by atoms with Gasteiger partial charge in [0, 0.05) is 49.5 Å². The van der Waals surface area contributed by atoms with E-state index in [1.165, 1.54) is 21.3 Å². The van der Waals surface area contributed by atoms with Crippen LogP contribution < -0.4 is 0 Å². The molecule has 3 heterocycles. The van der Waals surface area contributed by atoms with E-state index in [0.717, 1.165) is 39.3 Å². The molecular weight excluding hydrogens is 318 g/mol. The standard InChI is InChI=1S/C19H23N3OS/c1-21-5-4-17-9-15(2-3-19(17)21)8-16-11-22(6-7-23-13-16)12-18-10-20-14-24-18/h2-5,9-10,14,16H,6-8,11-13H2,1H3. The molecule has 4 nitrogen and oxygen atoms in total. The van der Waals surface area contributed by atoms with E-state index in [1.54, 1.807) is 11.3 Å². The van der Waals surface area contributed by atoms with Crippen LogP contribution in [0.5, 0.6) is 0 Å². The third-order valence-corrected chi connectivity index (χ3v) is 5.52. The van der Waals surface area contributed by atoms with E-state index in [4.69, 9.17) is 4.74 Å². The summed E-state index contributed by atoms with van der Waals surface area (Å²) < 4.78 is 8.03. The lowest BCUT2D eigenvalue weighted by Crippen LogP contribution is -2.30. The number of ether oxygens (including phenoxy) is 1. The van der Waals surface area contributed by atoms with Crippen molar-refractivity contribution >= 4 is 22.2 Å². The fraction of sp³-hybridized carbons (Fsp3) is 0.421. The Morgan fingerprint density at radius 1 is 1.33 bits per heavy atom. The van der Waals surface area contributed by atoms with Crippen LogP contribution in [0, 0.1) is 5.92 Å². The SMILES string of the molecule is Cn1ccc2cc(CC3COCCN(Cc4cncs4)C3)ccc21. The fourth-order valence-corrected chi connectivity index (χ4v) is 4.19. The van der Waals surface area contributed by atoms with Crippen molar-refractivity contribution in [3.63, 3.8) is 0 Å². The molecule has 1 saturated heterocycles. The number of hydrogen-bond acceptors (Lipinski definition) is 4. The summed E-state index contributed by atoms with van der Waals surface area (Å²) in [5, 5.41) is 1.33. The van der Waals surface area contributed by atoms with Crippen molar-refractivity contribution in [1.82, 2.24) is 14.5 Å². The molecule has 1 atom stereocenters.